The molecule has 0 saturated carbocycles. The van der Waals surface area contributed by atoms with Crippen molar-refractivity contribution in [1.82, 2.24) is 10.3 Å². The lowest BCUT2D eigenvalue weighted by Gasteiger charge is -2.13. The van der Waals surface area contributed by atoms with Crippen molar-refractivity contribution in [3.8, 4) is 11.3 Å². The zero-order chi connectivity index (χ0) is 17.5. The fourth-order valence-electron chi connectivity index (χ4n) is 2.58. The van der Waals surface area contributed by atoms with Crippen molar-refractivity contribution in [3.05, 3.63) is 90.1 Å². The summed E-state index contributed by atoms with van der Waals surface area (Å²) in [7, 11) is 0. The second kappa shape index (κ2) is 8.02. The number of hydrogen-bond acceptors (Lipinski definition) is 3. The van der Waals surface area contributed by atoms with E-state index in [1.165, 1.54) is 0 Å². The number of pyridine rings is 1. The van der Waals surface area contributed by atoms with Gasteiger partial charge in [0.2, 0.25) is 0 Å². The van der Waals surface area contributed by atoms with Gasteiger partial charge in [0.05, 0.1) is 11.7 Å². The topological polar surface area (TPSA) is 59.1 Å². The Morgan fingerprint density at radius 2 is 1.68 bits per heavy atom. The largest absolute Gasteiger partial charge is 0.342 e. The highest BCUT2D eigenvalue weighted by Crippen LogP contribution is 2.17. The van der Waals surface area contributed by atoms with E-state index in [1.807, 2.05) is 60.7 Å². The molecule has 1 atom stereocenters. The van der Waals surface area contributed by atoms with E-state index in [1.54, 1.807) is 18.3 Å². The summed E-state index contributed by atoms with van der Waals surface area (Å²) in [4.78, 5) is 27.9. The third kappa shape index (κ3) is 4.38. The third-order valence-corrected chi connectivity index (χ3v) is 3.89. The summed E-state index contributed by atoms with van der Waals surface area (Å²) < 4.78 is 0. The highest BCUT2D eigenvalue weighted by molar-refractivity contribution is 5.96. The van der Waals surface area contributed by atoms with Gasteiger partial charge in [-0.2, -0.15) is 0 Å². The van der Waals surface area contributed by atoms with Crippen molar-refractivity contribution in [1.29, 1.82) is 0 Å². The first-order chi connectivity index (χ1) is 12.3. The molecule has 3 aromatic rings. The molecule has 0 aliphatic rings. The first-order valence-electron chi connectivity index (χ1n) is 8.08. The van der Waals surface area contributed by atoms with Gasteiger partial charge in [-0.15, -0.1) is 0 Å². The molecule has 0 radical (unpaired) electrons. The van der Waals surface area contributed by atoms with Gasteiger partial charge in [0.25, 0.3) is 5.91 Å². The zero-order valence-electron chi connectivity index (χ0n) is 13.6. The minimum absolute atomic E-state index is 0.263. The standard InChI is InChI=1S/C21H18N2O2/c24-15-19(14-16-6-2-1-3-7-16)23-21(25)18-11-9-17(10-12-18)20-8-4-5-13-22-20/h1-13,15,19H,14H2,(H,23,25)/t19-/m0/s1. The normalized spacial score (nSPS) is 11.5. The van der Waals surface area contributed by atoms with E-state index in [-0.39, 0.29) is 5.91 Å². The van der Waals surface area contributed by atoms with E-state index >= 15 is 0 Å². The van der Waals surface area contributed by atoms with Crippen LogP contribution in [-0.2, 0) is 11.2 Å². The van der Waals surface area contributed by atoms with Crippen LogP contribution in [0.1, 0.15) is 15.9 Å². The van der Waals surface area contributed by atoms with Crippen molar-refractivity contribution >= 4 is 12.2 Å². The van der Waals surface area contributed by atoms with Crippen LogP contribution in [0, 0.1) is 0 Å². The quantitative estimate of drug-likeness (QED) is 0.706. The molecule has 2 aromatic carbocycles. The van der Waals surface area contributed by atoms with Crippen LogP contribution in [0.5, 0.6) is 0 Å². The number of nitrogens with one attached hydrogen (secondary N) is 1. The van der Waals surface area contributed by atoms with Gasteiger partial charge in [-0.05, 0) is 36.2 Å². The van der Waals surface area contributed by atoms with Crippen molar-refractivity contribution < 1.29 is 9.59 Å². The fraction of sp³-hybridized carbons (Fsp3) is 0.0952. The summed E-state index contributed by atoms with van der Waals surface area (Å²) in [5.74, 6) is -0.263. The molecule has 1 amide bonds. The maximum Gasteiger partial charge on any atom is 0.251 e. The highest BCUT2D eigenvalue weighted by atomic mass is 16.2. The predicted molar refractivity (Wildman–Crippen MR) is 97.1 cm³/mol. The summed E-state index contributed by atoms with van der Waals surface area (Å²) in [6.07, 6.45) is 2.98. The smallest absolute Gasteiger partial charge is 0.251 e. The van der Waals surface area contributed by atoms with Gasteiger partial charge in [0.15, 0.2) is 0 Å². The van der Waals surface area contributed by atoms with E-state index < -0.39 is 6.04 Å². The monoisotopic (exact) mass is 330 g/mol. The Labute approximate surface area is 146 Å². The zero-order valence-corrected chi connectivity index (χ0v) is 13.6. The molecule has 0 fully saturated rings. The molecule has 4 heteroatoms. The van der Waals surface area contributed by atoms with E-state index in [4.69, 9.17) is 0 Å². The summed E-state index contributed by atoms with van der Waals surface area (Å²) in [6, 6.07) is 21.9. The molecule has 0 aliphatic heterocycles. The van der Waals surface area contributed by atoms with Gasteiger partial charge < -0.3 is 10.1 Å². The van der Waals surface area contributed by atoms with Gasteiger partial charge in [0, 0.05) is 17.3 Å². The average molecular weight is 330 g/mol. The van der Waals surface area contributed by atoms with Crippen LogP contribution in [0.25, 0.3) is 11.3 Å². The van der Waals surface area contributed by atoms with E-state index in [0.29, 0.717) is 12.0 Å². The molecule has 3 rings (SSSR count). The third-order valence-electron chi connectivity index (χ3n) is 3.89. The molecule has 0 saturated heterocycles. The van der Waals surface area contributed by atoms with Crippen LogP contribution >= 0.6 is 0 Å². The average Bonchev–Trinajstić information content (AvgIpc) is 2.69. The molecule has 124 valence electrons. The maximum absolute atomic E-state index is 12.4. The highest BCUT2D eigenvalue weighted by Gasteiger charge is 2.13. The molecular formula is C21H18N2O2. The molecule has 4 nitrogen and oxygen atoms in total. The van der Waals surface area contributed by atoms with Gasteiger partial charge in [-0.25, -0.2) is 0 Å². The van der Waals surface area contributed by atoms with Crippen LogP contribution in [0.3, 0.4) is 0 Å². The molecule has 0 aliphatic carbocycles. The van der Waals surface area contributed by atoms with Crippen molar-refractivity contribution in [3.63, 3.8) is 0 Å². The minimum Gasteiger partial charge on any atom is -0.342 e. The summed E-state index contributed by atoms with van der Waals surface area (Å²) in [6.45, 7) is 0. The van der Waals surface area contributed by atoms with Gasteiger partial charge in [-0.1, -0.05) is 48.5 Å². The Balaban J connectivity index is 1.67. The Bertz CT molecular complexity index is 831. The van der Waals surface area contributed by atoms with Crippen LogP contribution in [0.2, 0.25) is 0 Å². The van der Waals surface area contributed by atoms with E-state index in [9.17, 15) is 9.59 Å². The lowest BCUT2D eigenvalue weighted by atomic mass is 10.1. The summed E-state index contributed by atoms with van der Waals surface area (Å²) in [5, 5.41) is 2.77. The molecule has 25 heavy (non-hydrogen) atoms. The number of hydrogen-bond donors (Lipinski definition) is 1. The molecule has 0 bridgehead atoms. The first kappa shape index (κ1) is 16.6. The molecule has 1 heterocycles. The summed E-state index contributed by atoms with van der Waals surface area (Å²) >= 11 is 0. The summed E-state index contributed by atoms with van der Waals surface area (Å²) in [5.41, 5.74) is 3.31. The van der Waals surface area contributed by atoms with Crippen LogP contribution in [0.4, 0.5) is 0 Å². The van der Waals surface area contributed by atoms with Crippen molar-refractivity contribution in [2.24, 2.45) is 0 Å². The number of amides is 1. The number of aldehydes is 1. The molecule has 0 unspecified atom stereocenters. The Hall–Kier alpha value is -3.27. The maximum atomic E-state index is 12.4. The lowest BCUT2D eigenvalue weighted by molar-refractivity contribution is -0.109. The van der Waals surface area contributed by atoms with Crippen LogP contribution < -0.4 is 5.32 Å². The van der Waals surface area contributed by atoms with Gasteiger partial charge >= 0.3 is 0 Å². The van der Waals surface area contributed by atoms with Crippen LogP contribution in [-0.4, -0.2) is 23.2 Å². The Kier molecular flexibility index (Phi) is 5.32. The Morgan fingerprint density at radius 1 is 0.960 bits per heavy atom. The second-order valence-corrected chi connectivity index (χ2v) is 5.70. The first-order valence-corrected chi connectivity index (χ1v) is 8.08. The molecule has 0 spiro atoms. The fourth-order valence-corrected chi connectivity index (χ4v) is 2.58. The SMILES string of the molecule is O=C[C@H](Cc1ccccc1)NC(=O)c1ccc(-c2ccccn2)cc1. The van der Waals surface area contributed by atoms with Gasteiger partial charge in [0.1, 0.15) is 6.29 Å². The Morgan fingerprint density at radius 3 is 2.32 bits per heavy atom. The molecule has 1 aromatic heterocycles. The van der Waals surface area contributed by atoms with Crippen LogP contribution in [0.15, 0.2) is 79.0 Å². The number of benzene rings is 2. The number of carbonyl (C=O) groups excluding carboxylic acids is 2. The number of nitrogens with zero attached hydrogens (tertiary/aromatic N) is 1. The van der Waals surface area contributed by atoms with E-state index in [2.05, 4.69) is 10.3 Å². The minimum atomic E-state index is -0.551. The molecular weight excluding hydrogens is 312 g/mol. The van der Waals surface area contributed by atoms with Crippen molar-refractivity contribution in [2.75, 3.05) is 0 Å². The molecule has 1 N–H and O–H groups in total. The van der Waals surface area contributed by atoms with Crippen molar-refractivity contribution in [2.45, 2.75) is 12.5 Å². The van der Waals surface area contributed by atoms with Gasteiger partial charge in [-0.3, -0.25) is 9.78 Å². The second-order valence-electron chi connectivity index (χ2n) is 5.70. The lowest BCUT2D eigenvalue weighted by Crippen LogP contribution is -2.37. The number of rotatable bonds is 6. The number of carbonyl (C=O) groups is 2. The van der Waals surface area contributed by atoms with E-state index in [0.717, 1.165) is 23.1 Å². The number of aromatic nitrogens is 1. The predicted octanol–water partition coefficient (Wildman–Crippen LogP) is 3.29.